The highest BCUT2D eigenvalue weighted by molar-refractivity contribution is 4.85. The standard InChI is InChI=1S/C17H33N/c1-4-17(2,3)15-8-10-16(11-9-15)18-13-12-14-6-5-7-14/h14-16,18H,4-13H2,1-3H3. The Morgan fingerprint density at radius 3 is 2.17 bits per heavy atom. The highest BCUT2D eigenvalue weighted by Gasteiger charge is 2.31. The molecule has 0 aromatic heterocycles. The van der Waals surface area contributed by atoms with Crippen LogP contribution in [-0.2, 0) is 0 Å². The summed E-state index contributed by atoms with van der Waals surface area (Å²) in [4.78, 5) is 0. The number of hydrogen-bond donors (Lipinski definition) is 1. The molecule has 2 saturated carbocycles. The fourth-order valence-electron chi connectivity index (χ4n) is 3.64. The van der Waals surface area contributed by atoms with Crippen LogP contribution in [0.5, 0.6) is 0 Å². The van der Waals surface area contributed by atoms with Crippen molar-refractivity contribution < 1.29 is 0 Å². The molecule has 0 bridgehead atoms. The van der Waals surface area contributed by atoms with Crippen molar-refractivity contribution >= 4 is 0 Å². The van der Waals surface area contributed by atoms with Gasteiger partial charge in [-0.1, -0.05) is 46.5 Å². The van der Waals surface area contributed by atoms with Crippen molar-refractivity contribution in [3.63, 3.8) is 0 Å². The lowest BCUT2D eigenvalue weighted by molar-refractivity contribution is 0.136. The molecule has 0 radical (unpaired) electrons. The Labute approximate surface area is 114 Å². The average molecular weight is 251 g/mol. The van der Waals surface area contributed by atoms with Gasteiger partial charge in [0.15, 0.2) is 0 Å². The van der Waals surface area contributed by atoms with E-state index in [1.807, 2.05) is 0 Å². The van der Waals surface area contributed by atoms with E-state index < -0.39 is 0 Å². The maximum Gasteiger partial charge on any atom is 0.00672 e. The van der Waals surface area contributed by atoms with Crippen LogP contribution in [0.3, 0.4) is 0 Å². The fourth-order valence-corrected chi connectivity index (χ4v) is 3.64. The van der Waals surface area contributed by atoms with Gasteiger partial charge in [-0.2, -0.15) is 0 Å². The first kappa shape index (κ1) is 14.4. The Balaban J connectivity index is 1.60. The summed E-state index contributed by atoms with van der Waals surface area (Å²) < 4.78 is 0. The minimum atomic E-state index is 0.566. The summed E-state index contributed by atoms with van der Waals surface area (Å²) in [6.45, 7) is 8.55. The lowest BCUT2D eigenvalue weighted by Gasteiger charge is -2.39. The topological polar surface area (TPSA) is 12.0 Å². The van der Waals surface area contributed by atoms with E-state index in [0.29, 0.717) is 5.41 Å². The van der Waals surface area contributed by atoms with Gasteiger partial charge < -0.3 is 5.32 Å². The van der Waals surface area contributed by atoms with E-state index in [-0.39, 0.29) is 0 Å². The zero-order valence-electron chi connectivity index (χ0n) is 12.8. The van der Waals surface area contributed by atoms with Crippen molar-refractivity contribution in [1.82, 2.24) is 5.32 Å². The molecule has 0 aliphatic heterocycles. The fraction of sp³-hybridized carbons (Fsp3) is 1.00. The number of hydrogen-bond acceptors (Lipinski definition) is 1. The van der Waals surface area contributed by atoms with Crippen molar-refractivity contribution in [3.05, 3.63) is 0 Å². The second kappa shape index (κ2) is 6.41. The first-order chi connectivity index (χ1) is 8.62. The van der Waals surface area contributed by atoms with Gasteiger partial charge in [-0.15, -0.1) is 0 Å². The predicted octanol–water partition coefficient (Wildman–Crippen LogP) is 4.76. The third kappa shape index (κ3) is 3.73. The molecule has 0 aromatic rings. The van der Waals surface area contributed by atoms with Gasteiger partial charge in [0.1, 0.15) is 0 Å². The van der Waals surface area contributed by atoms with Crippen LogP contribution in [0, 0.1) is 17.3 Å². The largest absolute Gasteiger partial charge is 0.314 e. The maximum absolute atomic E-state index is 3.81. The lowest BCUT2D eigenvalue weighted by Crippen LogP contribution is -2.37. The molecule has 1 heteroatoms. The molecule has 0 spiro atoms. The van der Waals surface area contributed by atoms with Crippen LogP contribution in [0.2, 0.25) is 0 Å². The molecular formula is C17H33N. The first-order valence-electron chi connectivity index (χ1n) is 8.35. The first-order valence-corrected chi connectivity index (χ1v) is 8.35. The summed E-state index contributed by atoms with van der Waals surface area (Å²) in [7, 11) is 0. The van der Waals surface area contributed by atoms with Crippen LogP contribution in [0.4, 0.5) is 0 Å². The van der Waals surface area contributed by atoms with E-state index in [1.54, 1.807) is 0 Å². The molecule has 0 unspecified atom stereocenters. The zero-order chi connectivity index (χ0) is 13.0. The number of rotatable bonds is 6. The highest BCUT2D eigenvalue weighted by atomic mass is 14.9. The molecule has 18 heavy (non-hydrogen) atoms. The molecule has 0 atom stereocenters. The van der Waals surface area contributed by atoms with Crippen LogP contribution in [0.25, 0.3) is 0 Å². The van der Waals surface area contributed by atoms with Gasteiger partial charge in [0.2, 0.25) is 0 Å². The van der Waals surface area contributed by atoms with Gasteiger partial charge in [0.05, 0.1) is 0 Å². The Morgan fingerprint density at radius 1 is 1.00 bits per heavy atom. The third-order valence-corrected chi connectivity index (χ3v) is 5.95. The molecule has 0 aromatic carbocycles. The molecule has 2 aliphatic carbocycles. The SMILES string of the molecule is CCC(C)(C)C1CCC(NCCC2CCC2)CC1. The van der Waals surface area contributed by atoms with Gasteiger partial charge in [-0.25, -0.2) is 0 Å². The van der Waals surface area contributed by atoms with Gasteiger partial charge in [0.25, 0.3) is 0 Å². The maximum atomic E-state index is 3.81. The van der Waals surface area contributed by atoms with Gasteiger partial charge >= 0.3 is 0 Å². The summed E-state index contributed by atoms with van der Waals surface area (Å²) in [6.07, 6.45) is 13.0. The van der Waals surface area contributed by atoms with Gasteiger partial charge in [0, 0.05) is 6.04 Å². The smallest absolute Gasteiger partial charge is 0.00672 e. The Kier molecular flexibility index (Phi) is 5.12. The molecule has 1 N–H and O–H groups in total. The number of nitrogens with one attached hydrogen (secondary N) is 1. The summed E-state index contributed by atoms with van der Waals surface area (Å²) in [5.74, 6) is 2.03. The highest BCUT2D eigenvalue weighted by Crippen LogP contribution is 2.40. The summed E-state index contributed by atoms with van der Waals surface area (Å²) >= 11 is 0. The van der Waals surface area contributed by atoms with E-state index in [1.165, 1.54) is 64.3 Å². The summed E-state index contributed by atoms with van der Waals surface area (Å²) in [5, 5.41) is 3.81. The van der Waals surface area contributed by atoms with Crippen LogP contribution < -0.4 is 5.32 Å². The van der Waals surface area contributed by atoms with Crippen molar-refractivity contribution in [2.75, 3.05) is 6.54 Å². The third-order valence-electron chi connectivity index (χ3n) is 5.95. The second-order valence-electron chi connectivity index (χ2n) is 7.43. The molecule has 0 heterocycles. The van der Waals surface area contributed by atoms with Crippen LogP contribution >= 0.6 is 0 Å². The average Bonchev–Trinajstić information content (AvgIpc) is 2.33. The van der Waals surface area contributed by atoms with Crippen LogP contribution in [0.15, 0.2) is 0 Å². The molecule has 2 fully saturated rings. The normalized spacial score (nSPS) is 30.2. The van der Waals surface area contributed by atoms with Crippen molar-refractivity contribution in [2.24, 2.45) is 17.3 Å². The van der Waals surface area contributed by atoms with Crippen LogP contribution in [-0.4, -0.2) is 12.6 Å². The van der Waals surface area contributed by atoms with E-state index in [9.17, 15) is 0 Å². The molecule has 2 rings (SSSR count). The van der Waals surface area contributed by atoms with E-state index in [4.69, 9.17) is 0 Å². The lowest BCUT2D eigenvalue weighted by atomic mass is 9.69. The Hall–Kier alpha value is -0.0400. The molecule has 106 valence electrons. The predicted molar refractivity (Wildman–Crippen MR) is 79.8 cm³/mol. The summed E-state index contributed by atoms with van der Waals surface area (Å²) in [5.41, 5.74) is 0.566. The van der Waals surface area contributed by atoms with E-state index in [0.717, 1.165) is 17.9 Å². The van der Waals surface area contributed by atoms with Crippen molar-refractivity contribution in [3.8, 4) is 0 Å². The molecule has 1 nitrogen and oxygen atoms in total. The minimum absolute atomic E-state index is 0.566. The Morgan fingerprint density at radius 2 is 1.67 bits per heavy atom. The quantitative estimate of drug-likeness (QED) is 0.717. The molecule has 0 saturated heterocycles. The minimum Gasteiger partial charge on any atom is -0.314 e. The van der Waals surface area contributed by atoms with E-state index in [2.05, 4.69) is 26.1 Å². The Bertz CT molecular complexity index is 234. The van der Waals surface area contributed by atoms with Gasteiger partial charge in [-0.3, -0.25) is 0 Å². The van der Waals surface area contributed by atoms with E-state index >= 15 is 0 Å². The monoisotopic (exact) mass is 251 g/mol. The van der Waals surface area contributed by atoms with Crippen molar-refractivity contribution in [2.45, 2.75) is 84.6 Å². The second-order valence-corrected chi connectivity index (χ2v) is 7.43. The van der Waals surface area contributed by atoms with Crippen LogP contribution in [0.1, 0.15) is 78.6 Å². The molecular weight excluding hydrogens is 218 g/mol. The molecule has 2 aliphatic rings. The zero-order valence-corrected chi connectivity index (χ0v) is 12.8. The van der Waals surface area contributed by atoms with Gasteiger partial charge in [-0.05, 0) is 55.9 Å². The van der Waals surface area contributed by atoms with Crippen molar-refractivity contribution in [1.29, 1.82) is 0 Å². The molecule has 0 amide bonds. The summed E-state index contributed by atoms with van der Waals surface area (Å²) in [6, 6.07) is 0.828.